The molecule has 0 aromatic carbocycles. The lowest BCUT2D eigenvalue weighted by atomic mass is 10.0. The van der Waals surface area contributed by atoms with Gasteiger partial charge in [-0.3, -0.25) is 9.35 Å². The third-order valence-electron chi connectivity index (χ3n) is 9.29. The topological polar surface area (TPSA) is 124 Å². The Morgan fingerprint density at radius 3 is 1.35 bits per heavy atom. The SMILES string of the molecule is CCCCC/C=C\C=C/CCCCCCCCCCCC(O)C(=O)NC(CS(=O)(=O)O)C(O)CCCCCCCCCCCCCCC. The molecule has 0 aromatic heterocycles. The molecule has 3 unspecified atom stereocenters. The molecule has 0 saturated heterocycles. The van der Waals surface area contributed by atoms with E-state index >= 15 is 0 Å². The smallest absolute Gasteiger partial charge is 0.266 e. The number of carbonyl (C=O) groups excluding carboxylic acids is 1. The van der Waals surface area contributed by atoms with Gasteiger partial charge in [-0.1, -0.05) is 186 Å². The average molecular weight is 700 g/mol. The molecule has 3 atom stereocenters. The zero-order valence-electron chi connectivity index (χ0n) is 31.2. The first-order valence-corrected chi connectivity index (χ1v) is 21.8. The fraction of sp³-hybridized carbons (Fsp3) is 0.875. The summed E-state index contributed by atoms with van der Waals surface area (Å²) in [5.74, 6) is -1.45. The van der Waals surface area contributed by atoms with Gasteiger partial charge in [0.1, 0.15) is 6.10 Å². The molecule has 1 amide bonds. The summed E-state index contributed by atoms with van der Waals surface area (Å²) in [4.78, 5) is 12.6. The van der Waals surface area contributed by atoms with Crippen molar-refractivity contribution in [3.05, 3.63) is 24.3 Å². The largest absolute Gasteiger partial charge is 0.391 e. The third-order valence-corrected chi connectivity index (χ3v) is 10.1. The predicted molar refractivity (Wildman–Crippen MR) is 204 cm³/mol. The maximum Gasteiger partial charge on any atom is 0.266 e. The summed E-state index contributed by atoms with van der Waals surface area (Å²) in [6, 6.07) is -1.15. The van der Waals surface area contributed by atoms with E-state index < -0.39 is 40.0 Å². The maximum atomic E-state index is 12.6. The minimum absolute atomic E-state index is 0.292. The van der Waals surface area contributed by atoms with E-state index in [9.17, 15) is 28.0 Å². The van der Waals surface area contributed by atoms with Gasteiger partial charge in [0.15, 0.2) is 0 Å². The first kappa shape index (κ1) is 46.8. The molecule has 0 saturated carbocycles. The number of aliphatic hydroxyl groups is 2. The second-order valence-corrected chi connectivity index (χ2v) is 15.6. The molecule has 48 heavy (non-hydrogen) atoms. The fourth-order valence-corrected chi connectivity index (χ4v) is 6.92. The van der Waals surface area contributed by atoms with Crippen molar-refractivity contribution in [3.8, 4) is 0 Å². The summed E-state index contributed by atoms with van der Waals surface area (Å²) in [6.45, 7) is 4.47. The second-order valence-electron chi connectivity index (χ2n) is 14.1. The Hall–Kier alpha value is -1.22. The van der Waals surface area contributed by atoms with Crippen LogP contribution < -0.4 is 5.32 Å². The Labute approximate surface area is 297 Å². The van der Waals surface area contributed by atoms with Crippen molar-refractivity contribution in [2.45, 2.75) is 218 Å². The Morgan fingerprint density at radius 2 is 0.917 bits per heavy atom. The van der Waals surface area contributed by atoms with Crippen LogP contribution in [-0.2, 0) is 14.9 Å². The molecule has 4 N–H and O–H groups in total. The van der Waals surface area contributed by atoms with Gasteiger partial charge < -0.3 is 15.5 Å². The van der Waals surface area contributed by atoms with Crippen LogP contribution in [0.15, 0.2) is 24.3 Å². The lowest BCUT2D eigenvalue weighted by Gasteiger charge is -2.24. The molecule has 0 fully saturated rings. The highest BCUT2D eigenvalue weighted by Gasteiger charge is 2.28. The van der Waals surface area contributed by atoms with Crippen LogP contribution in [0.2, 0.25) is 0 Å². The molecular weight excluding hydrogens is 623 g/mol. The van der Waals surface area contributed by atoms with Gasteiger partial charge in [-0.2, -0.15) is 8.42 Å². The molecule has 8 heteroatoms. The fourth-order valence-electron chi connectivity index (χ4n) is 6.16. The normalized spacial score (nSPS) is 14.2. The number of nitrogens with one attached hydrogen (secondary N) is 1. The van der Waals surface area contributed by atoms with E-state index in [4.69, 9.17) is 0 Å². The number of allylic oxidation sites excluding steroid dienone is 4. The van der Waals surface area contributed by atoms with Crippen molar-refractivity contribution < 1.29 is 28.0 Å². The van der Waals surface area contributed by atoms with E-state index in [-0.39, 0.29) is 0 Å². The Bertz CT molecular complexity index is 875. The van der Waals surface area contributed by atoms with Gasteiger partial charge in [-0.25, -0.2) is 0 Å². The van der Waals surface area contributed by atoms with E-state index in [0.29, 0.717) is 25.7 Å². The van der Waals surface area contributed by atoms with Gasteiger partial charge in [-0.15, -0.1) is 0 Å². The summed E-state index contributed by atoms with van der Waals surface area (Å²) in [7, 11) is -4.40. The molecule has 0 aliphatic carbocycles. The van der Waals surface area contributed by atoms with E-state index in [2.05, 4.69) is 43.5 Å². The van der Waals surface area contributed by atoms with Gasteiger partial charge in [0.2, 0.25) is 5.91 Å². The molecule has 284 valence electrons. The van der Waals surface area contributed by atoms with Gasteiger partial charge >= 0.3 is 0 Å². The highest BCUT2D eigenvalue weighted by molar-refractivity contribution is 7.85. The molecule has 0 rings (SSSR count). The van der Waals surface area contributed by atoms with Crippen molar-refractivity contribution in [2.75, 3.05) is 5.75 Å². The number of aliphatic hydroxyl groups excluding tert-OH is 2. The van der Waals surface area contributed by atoms with Crippen molar-refractivity contribution in [2.24, 2.45) is 0 Å². The summed E-state index contributed by atoms with van der Waals surface area (Å²) in [6.07, 6.45) is 39.0. The van der Waals surface area contributed by atoms with Crippen LogP contribution >= 0.6 is 0 Å². The summed E-state index contributed by atoms with van der Waals surface area (Å²) >= 11 is 0. The van der Waals surface area contributed by atoms with Crippen LogP contribution in [0.25, 0.3) is 0 Å². The molecule has 0 radical (unpaired) electrons. The molecule has 0 aliphatic rings. The summed E-state index contributed by atoms with van der Waals surface area (Å²) in [5, 5.41) is 23.5. The second kappa shape index (κ2) is 34.2. The zero-order chi connectivity index (χ0) is 35.6. The number of amides is 1. The molecule has 0 spiro atoms. The first-order valence-electron chi connectivity index (χ1n) is 20.1. The Kier molecular flexibility index (Phi) is 33.4. The molecule has 0 bridgehead atoms. The van der Waals surface area contributed by atoms with Crippen LogP contribution in [0.5, 0.6) is 0 Å². The average Bonchev–Trinajstić information content (AvgIpc) is 3.05. The Balaban J connectivity index is 3.99. The maximum absolute atomic E-state index is 12.6. The lowest BCUT2D eigenvalue weighted by molar-refractivity contribution is -0.131. The minimum atomic E-state index is -4.40. The van der Waals surface area contributed by atoms with Crippen LogP contribution in [0.4, 0.5) is 0 Å². The van der Waals surface area contributed by atoms with Crippen molar-refractivity contribution in [3.63, 3.8) is 0 Å². The lowest BCUT2D eigenvalue weighted by Crippen LogP contribution is -2.50. The molecule has 0 aromatic rings. The number of rotatable bonds is 36. The number of carbonyl (C=O) groups is 1. The summed E-state index contributed by atoms with van der Waals surface area (Å²) < 4.78 is 32.5. The minimum Gasteiger partial charge on any atom is -0.391 e. The molecule has 0 heterocycles. The summed E-state index contributed by atoms with van der Waals surface area (Å²) in [5.41, 5.74) is 0. The van der Waals surface area contributed by atoms with Crippen molar-refractivity contribution >= 4 is 16.0 Å². The van der Waals surface area contributed by atoms with E-state index in [0.717, 1.165) is 44.9 Å². The van der Waals surface area contributed by atoms with E-state index in [1.807, 2.05) is 0 Å². The standard InChI is InChI=1S/C40H77NO6S/c1-3-5-7-9-11-13-15-17-18-19-20-21-23-25-27-29-31-33-35-39(43)40(44)41-37(36-48(45,46)47)38(42)34-32-30-28-26-24-22-16-14-12-10-8-6-4-2/h11,13,15,17,37-39,42-43H,3-10,12,14,16,18-36H2,1-2H3,(H,41,44)(H,45,46,47)/b13-11-,17-15-. The monoisotopic (exact) mass is 700 g/mol. The molecule has 7 nitrogen and oxygen atoms in total. The van der Waals surface area contributed by atoms with Gasteiger partial charge in [0.25, 0.3) is 10.1 Å². The highest BCUT2D eigenvalue weighted by Crippen LogP contribution is 2.16. The number of hydrogen-bond acceptors (Lipinski definition) is 5. The van der Waals surface area contributed by atoms with E-state index in [1.165, 1.54) is 116 Å². The van der Waals surface area contributed by atoms with Crippen LogP contribution in [-0.4, -0.2) is 53.1 Å². The Morgan fingerprint density at radius 1 is 0.562 bits per heavy atom. The van der Waals surface area contributed by atoms with Crippen LogP contribution in [0.3, 0.4) is 0 Å². The predicted octanol–water partition coefficient (Wildman–Crippen LogP) is 10.5. The zero-order valence-corrected chi connectivity index (χ0v) is 32.0. The number of unbranched alkanes of at least 4 members (excludes halogenated alkanes) is 24. The quantitative estimate of drug-likeness (QED) is 0.0293. The molecular formula is C40H77NO6S. The van der Waals surface area contributed by atoms with Gasteiger partial charge in [-0.05, 0) is 38.5 Å². The third kappa shape index (κ3) is 33.3. The van der Waals surface area contributed by atoms with Gasteiger partial charge in [0.05, 0.1) is 17.9 Å². The van der Waals surface area contributed by atoms with Crippen molar-refractivity contribution in [1.82, 2.24) is 5.32 Å². The van der Waals surface area contributed by atoms with Crippen LogP contribution in [0, 0.1) is 0 Å². The van der Waals surface area contributed by atoms with Gasteiger partial charge in [0, 0.05) is 0 Å². The van der Waals surface area contributed by atoms with Crippen LogP contribution in [0.1, 0.15) is 200 Å². The van der Waals surface area contributed by atoms with Crippen molar-refractivity contribution in [1.29, 1.82) is 0 Å². The highest BCUT2D eigenvalue weighted by atomic mass is 32.2. The van der Waals surface area contributed by atoms with E-state index in [1.54, 1.807) is 0 Å². The number of hydrogen-bond donors (Lipinski definition) is 4. The molecule has 0 aliphatic heterocycles. The first-order chi connectivity index (χ1) is 23.2.